The van der Waals surface area contributed by atoms with Crippen LogP contribution in [0, 0.1) is 10.1 Å². The van der Waals surface area contributed by atoms with E-state index in [4.69, 9.17) is 0 Å². The molecule has 128 valence electrons. The Morgan fingerprint density at radius 1 is 1.12 bits per heavy atom. The van der Waals surface area contributed by atoms with Crippen LogP contribution in [0.1, 0.15) is 17.0 Å². The Hall–Kier alpha value is -3.23. The first-order chi connectivity index (χ1) is 11.8. The number of nitro benzene ring substituents is 1. The first kappa shape index (κ1) is 16.6. The van der Waals surface area contributed by atoms with Crippen molar-refractivity contribution in [2.24, 2.45) is 0 Å². The summed E-state index contributed by atoms with van der Waals surface area (Å²) in [5.41, 5.74) is 0.219. The summed E-state index contributed by atoms with van der Waals surface area (Å²) in [5, 5.41) is 17.2. The van der Waals surface area contributed by atoms with Crippen molar-refractivity contribution < 1.29 is 18.1 Å². The summed E-state index contributed by atoms with van der Waals surface area (Å²) in [6, 6.07) is 10.7. The zero-order chi connectivity index (χ0) is 18.0. The SMILES string of the molecule is O=[N+]([O-])c1ccc(Cc2nc(-c3cccc(C(F)(F)F)c3)n[nH]2)cc1. The van der Waals surface area contributed by atoms with Gasteiger partial charge in [-0.2, -0.15) is 18.3 Å². The summed E-state index contributed by atoms with van der Waals surface area (Å²) in [7, 11) is 0. The van der Waals surface area contributed by atoms with E-state index in [1.165, 1.54) is 24.3 Å². The first-order valence-corrected chi connectivity index (χ1v) is 7.15. The van der Waals surface area contributed by atoms with Gasteiger partial charge < -0.3 is 0 Å². The number of halogens is 3. The number of H-pyrrole nitrogens is 1. The van der Waals surface area contributed by atoms with Crippen LogP contribution in [-0.4, -0.2) is 20.1 Å². The summed E-state index contributed by atoms with van der Waals surface area (Å²) < 4.78 is 38.3. The van der Waals surface area contributed by atoms with E-state index in [2.05, 4.69) is 15.2 Å². The van der Waals surface area contributed by atoms with Gasteiger partial charge in [-0.25, -0.2) is 4.98 Å². The van der Waals surface area contributed by atoms with Crippen molar-refractivity contribution in [2.75, 3.05) is 0 Å². The molecular formula is C16H11F3N4O2. The van der Waals surface area contributed by atoms with E-state index in [9.17, 15) is 23.3 Å². The highest BCUT2D eigenvalue weighted by Crippen LogP contribution is 2.31. The molecule has 3 aromatic rings. The Bertz CT molecular complexity index is 904. The van der Waals surface area contributed by atoms with E-state index in [-0.39, 0.29) is 17.1 Å². The summed E-state index contributed by atoms with van der Waals surface area (Å²) in [6.07, 6.45) is -4.11. The van der Waals surface area contributed by atoms with Crippen LogP contribution in [0.5, 0.6) is 0 Å². The van der Waals surface area contributed by atoms with Crippen molar-refractivity contribution in [1.29, 1.82) is 0 Å². The highest BCUT2D eigenvalue weighted by Gasteiger charge is 2.30. The Kier molecular flexibility index (Phi) is 4.22. The third kappa shape index (κ3) is 3.82. The van der Waals surface area contributed by atoms with Gasteiger partial charge in [0.25, 0.3) is 5.69 Å². The van der Waals surface area contributed by atoms with Gasteiger partial charge in [0.2, 0.25) is 0 Å². The number of rotatable bonds is 4. The maximum absolute atomic E-state index is 12.8. The predicted molar refractivity (Wildman–Crippen MR) is 82.7 cm³/mol. The maximum Gasteiger partial charge on any atom is 0.416 e. The number of aromatic nitrogens is 3. The van der Waals surface area contributed by atoms with Crippen LogP contribution < -0.4 is 0 Å². The molecule has 1 heterocycles. The van der Waals surface area contributed by atoms with Gasteiger partial charge in [0, 0.05) is 24.1 Å². The van der Waals surface area contributed by atoms with Gasteiger partial charge >= 0.3 is 6.18 Å². The minimum Gasteiger partial charge on any atom is -0.262 e. The molecule has 0 saturated heterocycles. The lowest BCUT2D eigenvalue weighted by Crippen LogP contribution is -2.04. The van der Waals surface area contributed by atoms with E-state index < -0.39 is 16.7 Å². The highest BCUT2D eigenvalue weighted by molar-refractivity contribution is 5.56. The lowest BCUT2D eigenvalue weighted by Gasteiger charge is -2.06. The number of hydrogen-bond donors (Lipinski definition) is 1. The number of nitrogens with one attached hydrogen (secondary N) is 1. The lowest BCUT2D eigenvalue weighted by atomic mass is 10.1. The normalized spacial score (nSPS) is 11.5. The van der Waals surface area contributed by atoms with Crippen molar-refractivity contribution in [3.63, 3.8) is 0 Å². The Labute approximate surface area is 139 Å². The van der Waals surface area contributed by atoms with Gasteiger partial charge in [-0.15, -0.1) is 0 Å². The van der Waals surface area contributed by atoms with Crippen LogP contribution in [0.15, 0.2) is 48.5 Å². The molecule has 25 heavy (non-hydrogen) atoms. The lowest BCUT2D eigenvalue weighted by molar-refractivity contribution is -0.384. The van der Waals surface area contributed by atoms with Crippen molar-refractivity contribution in [3.05, 3.63) is 75.6 Å². The summed E-state index contributed by atoms with van der Waals surface area (Å²) >= 11 is 0. The summed E-state index contributed by atoms with van der Waals surface area (Å²) in [4.78, 5) is 14.3. The van der Waals surface area contributed by atoms with Crippen LogP contribution in [0.25, 0.3) is 11.4 Å². The topological polar surface area (TPSA) is 84.7 Å². The molecule has 0 aliphatic rings. The van der Waals surface area contributed by atoms with Crippen molar-refractivity contribution in [2.45, 2.75) is 12.6 Å². The number of benzene rings is 2. The third-order valence-corrected chi connectivity index (χ3v) is 3.50. The zero-order valence-corrected chi connectivity index (χ0v) is 12.6. The molecule has 0 aliphatic heterocycles. The van der Waals surface area contributed by atoms with Gasteiger partial charge in [-0.1, -0.05) is 24.3 Å². The fourth-order valence-electron chi connectivity index (χ4n) is 2.27. The smallest absolute Gasteiger partial charge is 0.262 e. The van der Waals surface area contributed by atoms with E-state index in [0.29, 0.717) is 12.2 Å². The standard InChI is InChI=1S/C16H11F3N4O2/c17-16(18,19)12-3-1-2-11(9-12)15-20-14(21-22-15)8-10-4-6-13(7-5-10)23(24)25/h1-7,9H,8H2,(H,20,21,22). The molecule has 9 heteroatoms. The van der Waals surface area contributed by atoms with Gasteiger partial charge in [0.15, 0.2) is 5.82 Å². The molecule has 6 nitrogen and oxygen atoms in total. The average Bonchev–Trinajstić information content (AvgIpc) is 3.03. The quantitative estimate of drug-likeness (QED) is 0.571. The van der Waals surface area contributed by atoms with Crippen LogP contribution >= 0.6 is 0 Å². The summed E-state index contributed by atoms with van der Waals surface area (Å²) in [6.45, 7) is 0. The molecule has 0 saturated carbocycles. The fourth-order valence-corrected chi connectivity index (χ4v) is 2.27. The van der Waals surface area contributed by atoms with Crippen molar-refractivity contribution in [3.8, 4) is 11.4 Å². The number of alkyl halides is 3. The monoisotopic (exact) mass is 348 g/mol. The van der Waals surface area contributed by atoms with E-state index in [1.807, 2.05) is 0 Å². The highest BCUT2D eigenvalue weighted by atomic mass is 19.4. The van der Waals surface area contributed by atoms with E-state index >= 15 is 0 Å². The molecule has 1 N–H and O–H groups in total. The molecule has 0 radical (unpaired) electrons. The molecule has 0 spiro atoms. The molecular weight excluding hydrogens is 337 g/mol. The zero-order valence-electron chi connectivity index (χ0n) is 12.6. The Morgan fingerprint density at radius 2 is 1.84 bits per heavy atom. The maximum atomic E-state index is 12.8. The van der Waals surface area contributed by atoms with Crippen molar-refractivity contribution in [1.82, 2.24) is 15.2 Å². The van der Waals surface area contributed by atoms with Gasteiger partial charge in [0.05, 0.1) is 10.5 Å². The molecule has 0 aliphatic carbocycles. The minimum absolute atomic E-state index is 0.0222. The van der Waals surface area contributed by atoms with Gasteiger partial charge in [-0.05, 0) is 17.7 Å². The van der Waals surface area contributed by atoms with Crippen LogP contribution in [0.2, 0.25) is 0 Å². The molecule has 0 unspecified atom stereocenters. The summed E-state index contributed by atoms with van der Waals surface area (Å²) in [5.74, 6) is 0.601. The molecule has 0 atom stereocenters. The second-order valence-corrected chi connectivity index (χ2v) is 5.28. The predicted octanol–water partition coefficient (Wildman–Crippen LogP) is 3.99. The number of non-ortho nitro benzene ring substituents is 1. The largest absolute Gasteiger partial charge is 0.416 e. The molecule has 0 bridgehead atoms. The van der Waals surface area contributed by atoms with E-state index in [0.717, 1.165) is 17.7 Å². The number of hydrogen-bond acceptors (Lipinski definition) is 4. The van der Waals surface area contributed by atoms with Crippen LogP contribution in [-0.2, 0) is 12.6 Å². The van der Waals surface area contributed by atoms with E-state index in [1.54, 1.807) is 12.1 Å². The van der Waals surface area contributed by atoms with Crippen LogP contribution in [0.3, 0.4) is 0 Å². The molecule has 0 amide bonds. The number of nitrogens with zero attached hydrogens (tertiary/aromatic N) is 3. The molecule has 2 aromatic carbocycles. The Balaban J connectivity index is 1.80. The van der Waals surface area contributed by atoms with Crippen molar-refractivity contribution >= 4 is 5.69 Å². The number of aromatic amines is 1. The second kappa shape index (κ2) is 6.34. The average molecular weight is 348 g/mol. The Morgan fingerprint density at radius 3 is 2.48 bits per heavy atom. The van der Waals surface area contributed by atoms with Gasteiger partial charge in [0.1, 0.15) is 5.82 Å². The molecule has 3 rings (SSSR count). The second-order valence-electron chi connectivity index (χ2n) is 5.28. The first-order valence-electron chi connectivity index (χ1n) is 7.15. The fraction of sp³-hybridized carbons (Fsp3) is 0.125. The molecule has 0 fully saturated rings. The molecule has 1 aromatic heterocycles. The van der Waals surface area contributed by atoms with Gasteiger partial charge in [-0.3, -0.25) is 15.2 Å². The minimum atomic E-state index is -4.44. The third-order valence-electron chi connectivity index (χ3n) is 3.50. The van der Waals surface area contributed by atoms with Crippen LogP contribution in [0.4, 0.5) is 18.9 Å². The number of nitro groups is 1.